The number of carbonyl (C=O) groups is 1. The number of anilines is 1. The minimum Gasteiger partial charge on any atom is -0.487 e. The topological polar surface area (TPSA) is 61.5 Å². The highest BCUT2D eigenvalue weighted by molar-refractivity contribution is 5.90. The molecule has 0 heterocycles. The van der Waals surface area contributed by atoms with E-state index in [1.165, 1.54) is 18.2 Å². The molecule has 0 spiro atoms. The second kappa shape index (κ2) is 6.31. The molecule has 0 saturated heterocycles. The van der Waals surface area contributed by atoms with Crippen LogP contribution in [0.2, 0.25) is 0 Å². The summed E-state index contributed by atoms with van der Waals surface area (Å²) in [5.41, 5.74) is 10.2. The van der Waals surface area contributed by atoms with Crippen LogP contribution in [-0.4, -0.2) is 13.1 Å². The van der Waals surface area contributed by atoms with Gasteiger partial charge in [0.15, 0.2) is 0 Å². The third-order valence-corrected chi connectivity index (χ3v) is 3.11. The van der Waals surface area contributed by atoms with Crippen molar-refractivity contribution in [2.75, 3.05) is 12.8 Å². The van der Waals surface area contributed by atoms with Crippen molar-refractivity contribution in [3.8, 4) is 5.75 Å². The molecule has 0 atom stereocenters. The monoisotopic (exact) mass is 285 g/mol. The highest BCUT2D eigenvalue weighted by Gasteiger charge is 2.09. The number of nitrogens with two attached hydrogens (primary N) is 1. The lowest BCUT2D eigenvalue weighted by Crippen LogP contribution is -2.04. The lowest BCUT2D eigenvalue weighted by atomic mass is 10.1. The Balaban J connectivity index is 2.11. The fourth-order valence-corrected chi connectivity index (χ4v) is 2.24. The van der Waals surface area contributed by atoms with Gasteiger partial charge in [-0.3, -0.25) is 0 Å². The summed E-state index contributed by atoms with van der Waals surface area (Å²) in [5, 5.41) is 0. The first-order chi connectivity index (χ1) is 9.99. The largest absolute Gasteiger partial charge is 0.487 e. The number of hydrogen-bond acceptors (Lipinski definition) is 4. The molecule has 0 radical (unpaired) electrons. The summed E-state index contributed by atoms with van der Waals surface area (Å²) in [6.07, 6.45) is 0. The SMILES string of the molecule is COC(=O)c1ccc(OCc2cc(C)cc(C)c2)c(N)c1. The molecule has 2 aromatic rings. The zero-order chi connectivity index (χ0) is 15.4. The van der Waals surface area contributed by atoms with Gasteiger partial charge >= 0.3 is 5.97 Å². The fourth-order valence-electron chi connectivity index (χ4n) is 2.24. The van der Waals surface area contributed by atoms with Crippen LogP contribution in [0.5, 0.6) is 5.75 Å². The van der Waals surface area contributed by atoms with E-state index in [0.29, 0.717) is 23.6 Å². The van der Waals surface area contributed by atoms with Crippen molar-refractivity contribution in [2.45, 2.75) is 20.5 Å². The maximum Gasteiger partial charge on any atom is 0.337 e. The Morgan fingerprint density at radius 3 is 2.33 bits per heavy atom. The van der Waals surface area contributed by atoms with Gasteiger partial charge in [-0.2, -0.15) is 0 Å². The fraction of sp³-hybridized carbons (Fsp3) is 0.235. The average Bonchev–Trinajstić information content (AvgIpc) is 2.44. The summed E-state index contributed by atoms with van der Waals surface area (Å²) < 4.78 is 10.4. The van der Waals surface area contributed by atoms with Crippen LogP contribution < -0.4 is 10.5 Å². The van der Waals surface area contributed by atoms with Crippen molar-refractivity contribution in [1.82, 2.24) is 0 Å². The molecule has 110 valence electrons. The predicted molar refractivity (Wildman–Crippen MR) is 82.4 cm³/mol. The Morgan fingerprint density at radius 2 is 1.76 bits per heavy atom. The second-order valence-corrected chi connectivity index (χ2v) is 5.03. The van der Waals surface area contributed by atoms with Gasteiger partial charge in [-0.15, -0.1) is 0 Å². The van der Waals surface area contributed by atoms with Crippen molar-refractivity contribution in [3.63, 3.8) is 0 Å². The molecule has 2 N–H and O–H groups in total. The van der Waals surface area contributed by atoms with Crippen LogP contribution in [0, 0.1) is 13.8 Å². The van der Waals surface area contributed by atoms with Gasteiger partial charge in [-0.1, -0.05) is 29.3 Å². The zero-order valence-corrected chi connectivity index (χ0v) is 12.5. The number of hydrogen-bond donors (Lipinski definition) is 1. The summed E-state index contributed by atoms with van der Waals surface area (Å²) in [5.74, 6) is 0.143. The van der Waals surface area contributed by atoms with Gasteiger partial charge in [0.2, 0.25) is 0 Å². The molecule has 21 heavy (non-hydrogen) atoms. The van der Waals surface area contributed by atoms with E-state index in [1.54, 1.807) is 18.2 Å². The quantitative estimate of drug-likeness (QED) is 0.692. The van der Waals surface area contributed by atoms with Crippen molar-refractivity contribution in [3.05, 3.63) is 58.7 Å². The lowest BCUT2D eigenvalue weighted by Gasteiger charge is -2.11. The standard InChI is InChI=1S/C17H19NO3/c1-11-6-12(2)8-13(7-11)10-21-16-5-4-14(9-15(16)18)17(19)20-3/h4-9H,10,18H2,1-3H3. The van der Waals surface area contributed by atoms with Gasteiger partial charge in [0.1, 0.15) is 12.4 Å². The predicted octanol–water partition coefficient (Wildman–Crippen LogP) is 3.25. The normalized spacial score (nSPS) is 10.2. The third kappa shape index (κ3) is 3.75. The van der Waals surface area contributed by atoms with Crippen LogP contribution in [0.4, 0.5) is 5.69 Å². The summed E-state index contributed by atoms with van der Waals surface area (Å²) in [6.45, 7) is 4.54. The molecule has 0 bridgehead atoms. The Morgan fingerprint density at radius 1 is 1.10 bits per heavy atom. The maximum atomic E-state index is 11.4. The van der Waals surface area contributed by atoms with Crippen LogP contribution in [0.3, 0.4) is 0 Å². The van der Waals surface area contributed by atoms with Crippen LogP contribution in [0.25, 0.3) is 0 Å². The van der Waals surface area contributed by atoms with Gasteiger partial charge in [0.05, 0.1) is 18.4 Å². The van der Waals surface area contributed by atoms with E-state index in [9.17, 15) is 4.79 Å². The Labute approximate surface area is 124 Å². The molecule has 2 aromatic carbocycles. The Kier molecular flexibility index (Phi) is 4.48. The van der Waals surface area contributed by atoms with Gasteiger partial charge < -0.3 is 15.2 Å². The number of ether oxygens (including phenoxy) is 2. The molecule has 2 rings (SSSR count). The highest BCUT2D eigenvalue weighted by Crippen LogP contribution is 2.24. The number of methoxy groups -OCH3 is 1. The second-order valence-electron chi connectivity index (χ2n) is 5.03. The molecule has 0 aliphatic heterocycles. The first-order valence-electron chi connectivity index (χ1n) is 6.67. The smallest absolute Gasteiger partial charge is 0.337 e. The number of benzene rings is 2. The van der Waals surface area contributed by atoms with Gasteiger partial charge in [0, 0.05) is 0 Å². The van der Waals surface area contributed by atoms with E-state index in [4.69, 9.17) is 10.5 Å². The molecular weight excluding hydrogens is 266 g/mol. The van der Waals surface area contributed by atoms with E-state index in [1.807, 2.05) is 0 Å². The third-order valence-electron chi connectivity index (χ3n) is 3.11. The Hall–Kier alpha value is -2.49. The summed E-state index contributed by atoms with van der Waals surface area (Å²) in [6, 6.07) is 11.1. The molecule has 0 aromatic heterocycles. The minimum absolute atomic E-state index is 0.411. The highest BCUT2D eigenvalue weighted by atomic mass is 16.5. The van der Waals surface area contributed by atoms with Gasteiger partial charge in [-0.05, 0) is 37.6 Å². The van der Waals surface area contributed by atoms with Crippen LogP contribution in [0.1, 0.15) is 27.0 Å². The molecule has 4 nitrogen and oxygen atoms in total. The summed E-state index contributed by atoms with van der Waals surface area (Å²) in [7, 11) is 1.34. The van der Waals surface area contributed by atoms with Gasteiger partial charge in [0.25, 0.3) is 0 Å². The molecule has 0 unspecified atom stereocenters. The van der Waals surface area contributed by atoms with E-state index in [-0.39, 0.29) is 0 Å². The lowest BCUT2D eigenvalue weighted by molar-refractivity contribution is 0.0600. The molecular formula is C17H19NO3. The maximum absolute atomic E-state index is 11.4. The molecule has 0 saturated carbocycles. The van der Waals surface area contributed by atoms with Crippen LogP contribution >= 0.6 is 0 Å². The first-order valence-corrected chi connectivity index (χ1v) is 6.67. The zero-order valence-electron chi connectivity index (χ0n) is 12.5. The number of rotatable bonds is 4. The molecule has 0 aliphatic carbocycles. The van der Waals surface area contributed by atoms with Crippen molar-refractivity contribution >= 4 is 11.7 Å². The molecule has 0 aliphatic rings. The number of esters is 1. The number of carbonyl (C=O) groups excluding carboxylic acids is 1. The Bertz CT molecular complexity index is 645. The summed E-state index contributed by atoms with van der Waals surface area (Å²) in [4.78, 5) is 11.4. The van der Waals surface area contributed by atoms with E-state index in [2.05, 4.69) is 36.8 Å². The van der Waals surface area contributed by atoms with Crippen molar-refractivity contribution < 1.29 is 14.3 Å². The van der Waals surface area contributed by atoms with E-state index < -0.39 is 5.97 Å². The van der Waals surface area contributed by atoms with Gasteiger partial charge in [-0.25, -0.2) is 4.79 Å². The number of nitrogen functional groups attached to an aromatic ring is 1. The van der Waals surface area contributed by atoms with E-state index >= 15 is 0 Å². The summed E-state index contributed by atoms with van der Waals surface area (Å²) >= 11 is 0. The molecule has 4 heteroatoms. The molecule has 0 amide bonds. The number of aryl methyl sites for hydroxylation is 2. The average molecular weight is 285 g/mol. The van der Waals surface area contributed by atoms with Crippen LogP contribution in [0.15, 0.2) is 36.4 Å². The van der Waals surface area contributed by atoms with Crippen molar-refractivity contribution in [2.24, 2.45) is 0 Å². The minimum atomic E-state index is -0.414. The van der Waals surface area contributed by atoms with E-state index in [0.717, 1.165) is 5.56 Å². The molecule has 0 fully saturated rings. The van der Waals surface area contributed by atoms with Crippen molar-refractivity contribution in [1.29, 1.82) is 0 Å². The van der Waals surface area contributed by atoms with Crippen LogP contribution in [-0.2, 0) is 11.3 Å². The first kappa shape index (κ1) is 14.9.